The van der Waals surface area contributed by atoms with Crippen LogP contribution in [0.5, 0.6) is 0 Å². The molecule has 0 aromatic rings. The van der Waals surface area contributed by atoms with E-state index in [1.165, 1.54) is 6.92 Å². The zero-order valence-corrected chi connectivity index (χ0v) is 7.21. The van der Waals surface area contributed by atoms with Gasteiger partial charge >= 0.3 is 5.97 Å². The number of ketones is 1. The molecule has 0 spiro atoms. The van der Waals surface area contributed by atoms with Gasteiger partial charge < -0.3 is 9.90 Å². The smallest absolute Gasteiger partial charge is 0.303 e. The van der Waals surface area contributed by atoms with Crippen molar-refractivity contribution in [3.8, 4) is 0 Å². The van der Waals surface area contributed by atoms with E-state index in [1.54, 1.807) is 0 Å². The monoisotopic (exact) mass is 198 g/mol. The first-order valence-corrected chi connectivity index (χ1v) is 3.93. The van der Waals surface area contributed by atoms with Gasteiger partial charge in [0.05, 0.1) is 6.42 Å². The average Bonchev–Trinajstić information content (AvgIpc) is 1.82. The molecule has 0 radical (unpaired) electrons. The molecule has 0 aliphatic rings. The summed E-state index contributed by atoms with van der Waals surface area (Å²) < 4.78 is 22.8. The van der Waals surface area contributed by atoms with E-state index in [0.29, 0.717) is 0 Å². The van der Waals surface area contributed by atoms with Crippen LogP contribution in [0.3, 0.4) is 0 Å². The first-order valence-electron chi connectivity index (χ1n) is 2.87. The predicted molar refractivity (Wildman–Crippen MR) is 41.0 cm³/mol. The highest BCUT2D eigenvalue weighted by Crippen LogP contribution is 1.87. The number of hydrogen-bond acceptors (Lipinski definition) is 3. The summed E-state index contributed by atoms with van der Waals surface area (Å²) in [4.78, 5) is 19.8. The Kier molecular flexibility index (Phi) is 9.54. The number of rotatable bonds is 3. The largest absolute Gasteiger partial charge is 0.481 e. The molecule has 0 saturated heterocycles. The molecule has 6 nitrogen and oxygen atoms in total. The number of aliphatic carboxylic acids is 1. The minimum Gasteiger partial charge on any atom is -0.481 e. The fraction of sp³-hybridized carbons (Fsp3) is 0.600. The standard InChI is InChI=1S/C5H8O3.H2O3S/c1-4(6)2-3-5(7)8;1-4(2)3/h2-3H2,1H3,(H,7,8);(H2,1,2,3). The average molecular weight is 198 g/mol. The number of carbonyl (C=O) groups is 2. The Morgan fingerprint density at radius 1 is 1.25 bits per heavy atom. The lowest BCUT2D eigenvalue weighted by Crippen LogP contribution is -1.98. The van der Waals surface area contributed by atoms with Crippen LogP contribution in [0.1, 0.15) is 19.8 Å². The van der Waals surface area contributed by atoms with Crippen molar-refractivity contribution < 1.29 is 28.0 Å². The van der Waals surface area contributed by atoms with E-state index in [2.05, 4.69) is 0 Å². The molecule has 0 aromatic heterocycles. The van der Waals surface area contributed by atoms with Crippen molar-refractivity contribution in [3.05, 3.63) is 0 Å². The highest BCUT2D eigenvalue weighted by Gasteiger charge is 1.97. The van der Waals surface area contributed by atoms with Crippen LogP contribution < -0.4 is 0 Å². The fourth-order valence-electron chi connectivity index (χ4n) is 0.283. The molecule has 0 aromatic carbocycles. The van der Waals surface area contributed by atoms with E-state index in [9.17, 15) is 9.59 Å². The summed E-state index contributed by atoms with van der Waals surface area (Å²) in [5, 5.41) is 8.01. The van der Waals surface area contributed by atoms with E-state index >= 15 is 0 Å². The second-order valence-electron chi connectivity index (χ2n) is 1.83. The lowest BCUT2D eigenvalue weighted by molar-refractivity contribution is -0.138. The summed E-state index contributed by atoms with van der Waals surface area (Å²) in [5.74, 6) is -0.993. The molecule has 0 atom stereocenters. The Labute approximate surface area is 71.7 Å². The van der Waals surface area contributed by atoms with Crippen LogP contribution >= 0.6 is 0 Å². The van der Waals surface area contributed by atoms with E-state index in [1.807, 2.05) is 0 Å². The maximum Gasteiger partial charge on any atom is 0.303 e. The number of carboxylic acids is 1. The molecule has 0 aliphatic heterocycles. The van der Waals surface area contributed by atoms with E-state index in [4.69, 9.17) is 18.4 Å². The van der Waals surface area contributed by atoms with Crippen molar-refractivity contribution in [1.82, 2.24) is 0 Å². The van der Waals surface area contributed by atoms with Gasteiger partial charge in [-0.3, -0.25) is 13.9 Å². The summed E-state index contributed by atoms with van der Waals surface area (Å²) in [6.07, 6.45) is 0.102. The molecule has 0 fully saturated rings. The molecule has 0 rings (SSSR count). The lowest BCUT2D eigenvalue weighted by Gasteiger charge is -1.86. The minimum absolute atomic E-state index is 0.0463. The molecule has 3 N–H and O–H groups in total. The van der Waals surface area contributed by atoms with Crippen LogP contribution in [0, 0.1) is 0 Å². The summed E-state index contributed by atoms with van der Waals surface area (Å²) in [6.45, 7) is 1.38. The molecule has 72 valence electrons. The van der Waals surface area contributed by atoms with Crippen molar-refractivity contribution in [1.29, 1.82) is 0 Å². The lowest BCUT2D eigenvalue weighted by atomic mass is 10.2. The molecule has 0 aliphatic carbocycles. The molecule has 12 heavy (non-hydrogen) atoms. The summed E-state index contributed by atoms with van der Waals surface area (Å²) in [5.41, 5.74) is 0. The van der Waals surface area contributed by atoms with Crippen molar-refractivity contribution in [2.45, 2.75) is 19.8 Å². The number of hydrogen-bond donors (Lipinski definition) is 3. The van der Waals surface area contributed by atoms with Gasteiger partial charge in [0.1, 0.15) is 5.78 Å². The third-order valence-electron chi connectivity index (χ3n) is 0.691. The summed E-state index contributed by atoms with van der Waals surface area (Å²) in [7, 11) is 0. The predicted octanol–water partition coefficient (Wildman–Crippen LogP) is 0.121. The van der Waals surface area contributed by atoms with Gasteiger partial charge in [0.15, 0.2) is 0 Å². The van der Waals surface area contributed by atoms with Gasteiger partial charge in [-0.05, 0) is 6.92 Å². The Morgan fingerprint density at radius 3 is 1.67 bits per heavy atom. The third-order valence-corrected chi connectivity index (χ3v) is 0.691. The van der Waals surface area contributed by atoms with Gasteiger partial charge in [-0.1, -0.05) is 0 Å². The molecule has 0 heterocycles. The van der Waals surface area contributed by atoms with E-state index in [0.717, 1.165) is 0 Å². The van der Waals surface area contributed by atoms with Crippen molar-refractivity contribution in [2.75, 3.05) is 0 Å². The first-order chi connectivity index (χ1) is 5.36. The molecule has 0 amide bonds. The Hall–Kier alpha value is -0.790. The van der Waals surface area contributed by atoms with Crippen LogP contribution in [0.4, 0.5) is 0 Å². The SMILES string of the molecule is CC(=O)CCC(=O)O.O=S(O)O. The molecule has 0 bridgehead atoms. The van der Waals surface area contributed by atoms with Crippen molar-refractivity contribution in [3.63, 3.8) is 0 Å². The third kappa shape index (κ3) is 35.0. The zero-order chi connectivity index (χ0) is 10.1. The second kappa shape index (κ2) is 8.31. The molecular weight excluding hydrogens is 188 g/mol. The van der Waals surface area contributed by atoms with Gasteiger partial charge in [0.2, 0.25) is 0 Å². The fourth-order valence-corrected chi connectivity index (χ4v) is 0.283. The van der Waals surface area contributed by atoms with Crippen LogP contribution in [0.15, 0.2) is 0 Å². The van der Waals surface area contributed by atoms with Crippen LogP contribution in [-0.2, 0) is 21.0 Å². The summed E-state index contributed by atoms with van der Waals surface area (Å²) >= 11 is -2.61. The highest BCUT2D eigenvalue weighted by molar-refractivity contribution is 7.73. The van der Waals surface area contributed by atoms with Gasteiger partial charge in [-0.2, -0.15) is 4.21 Å². The number of Topliss-reactive ketones (excluding diaryl/α,β-unsaturated/α-hetero) is 1. The van der Waals surface area contributed by atoms with Crippen molar-refractivity contribution >= 4 is 23.1 Å². The quantitative estimate of drug-likeness (QED) is 0.555. The molecular formula is C5H10O6S. The zero-order valence-electron chi connectivity index (χ0n) is 6.39. The topological polar surface area (TPSA) is 112 Å². The van der Waals surface area contributed by atoms with Gasteiger partial charge in [0.25, 0.3) is 11.4 Å². The Balaban J connectivity index is 0. The van der Waals surface area contributed by atoms with Crippen LogP contribution in [0.2, 0.25) is 0 Å². The molecule has 0 saturated carbocycles. The van der Waals surface area contributed by atoms with Crippen LogP contribution in [0.25, 0.3) is 0 Å². The Morgan fingerprint density at radius 2 is 1.58 bits per heavy atom. The minimum atomic E-state index is -2.61. The molecule has 0 unspecified atom stereocenters. The second-order valence-corrected chi connectivity index (χ2v) is 2.29. The molecule has 7 heteroatoms. The normalized spacial score (nSPS) is 8.67. The van der Waals surface area contributed by atoms with Gasteiger partial charge in [-0.15, -0.1) is 0 Å². The van der Waals surface area contributed by atoms with Crippen LogP contribution in [-0.4, -0.2) is 30.2 Å². The summed E-state index contributed by atoms with van der Waals surface area (Å²) in [6, 6.07) is 0. The number of carboxylic acid groups (broad SMARTS) is 1. The van der Waals surface area contributed by atoms with E-state index < -0.39 is 17.3 Å². The van der Waals surface area contributed by atoms with E-state index in [-0.39, 0.29) is 18.6 Å². The number of carbonyl (C=O) groups excluding carboxylic acids is 1. The van der Waals surface area contributed by atoms with Gasteiger partial charge in [-0.25, -0.2) is 0 Å². The Bertz CT molecular complexity index is 159. The highest BCUT2D eigenvalue weighted by atomic mass is 32.2. The first kappa shape index (κ1) is 13.8. The maximum atomic E-state index is 10.1. The maximum absolute atomic E-state index is 10.1. The van der Waals surface area contributed by atoms with Gasteiger partial charge in [0, 0.05) is 6.42 Å². The van der Waals surface area contributed by atoms with Crippen molar-refractivity contribution in [2.24, 2.45) is 0 Å².